The van der Waals surface area contributed by atoms with Crippen molar-refractivity contribution in [2.45, 2.75) is 18.4 Å². The maximum atomic E-state index is 11.9. The van der Waals surface area contributed by atoms with Crippen LogP contribution in [-0.2, 0) is 0 Å². The number of nitrogens with zero attached hydrogens (tertiary/aromatic N) is 1. The maximum Gasteiger partial charge on any atom is 0.251 e. The van der Waals surface area contributed by atoms with E-state index in [1.165, 1.54) is 4.88 Å². The molecule has 2 aromatic heterocycles. The van der Waals surface area contributed by atoms with Crippen molar-refractivity contribution < 1.29 is 4.79 Å². The molecular weight excluding hydrogens is 232 g/mol. The topological polar surface area (TPSA) is 42.0 Å². The van der Waals surface area contributed by atoms with Gasteiger partial charge in [0.25, 0.3) is 5.91 Å². The Morgan fingerprint density at radius 3 is 2.88 bits per heavy atom. The SMILES string of the molecule is O=C(NC1CC1c1cccs1)c1ccncc1. The fourth-order valence-electron chi connectivity index (χ4n) is 1.93. The van der Waals surface area contributed by atoms with Gasteiger partial charge in [0.2, 0.25) is 0 Å². The molecule has 0 saturated heterocycles. The Kier molecular flexibility index (Phi) is 2.65. The third-order valence-corrected chi connectivity index (χ3v) is 3.96. The summed E-state index contributed by atoms with van der Waals surface area (Å²) in [4.78, 5) is 17.1. The summed E-state index contributed by atoms with van der Waals surface area (Å²) in [6.45, 7) is 0. The first-order valence-corrected chi connectivity index (χ1v) is 6.47. The van der Waals surface area contributed by atoms with Crippen molar-refractivity contribution in [3.8, 4) is 0 Å². The van der Waals surface area contributed by atoms with Gasteiger partial charge in [-0.2, -0.15) is 0 Å². The second kappa shape index (κ2) is 4.30. The van der Waals surface area contributed by atoms with Crippen molar-refractivity contribution in [2.24, 2.45) is 0 Å². The highest BCUT2D eigenvalue weighted by Gasteiger charge is 2.40. The van der Waals surface area contributed by atoms with E-state index in [9.17, 15) is 4.79 Å². The molecule has 17 heavy (non-hydrogen) atoms. The Balaban J connectivity index is 1.61. The molecule has 2 aromatic rings. The van der Waals surface area contributed by atoms with Crippen LogP contribution in [0.2, 0.25) is 0 Å². The lowest BCUT2D eigenvalue weighted by molar-refractivity contribution is 0.0950. The van der Waals surface area contributed by atoms with Gasteiger partial charge in [-0.25, -0.2) is 0 Å². The van der Waals surface area contributed by atoms with E-state index >= 15 is 0 Å². The predicted octanol–water partition coefficient (Wildman–Crippen LogP) is 2.43. The van der Waals surface area contributed by atoms with Crippen molar-refractivity contribution >= 4 is 17.2 Å². The van der Waals surface area contributed by atoms with Gasteiger partial charge in [-0.05, 0) is 30.0 Å². The molecule has 3 nitrogen and oxygen atoms in total. The number of rotatable bonds is 3. The van der Waals surface area contributed by atoms with Crippen LogP contribution in [0.5, 0.6) is 0 Å². The summed E-state index contributed by atoms with van der Waals surface area (Å²) in [5.74, 6) is 0.511. The molecule has 1 aliphatic carbocycles. The van der Waals surface area contributed by atoms with Crippen LogP contribution in [-0.4, -0.2) is 16.9 Å². The molecule has 0 spiro atoms. The van der Waals surface area contributed by atoms with E-state index in [1.807, 2.05) is 0 Å². The van der Waals surface area contributed by atoms with Gasteiger partial charge in [-0.15, -0.1) is 11.3 Å². The molecule has 1 aliphatic rings. The van der Waals surface area contributed by atoms with Gasteiger partial charge in [0.15, 0.2) is 0 Å². The fraction of sp³-hybridized carbons (Fsp3) is 0.231. The molecule has 0 bridgehead atoms. The third-order valence-electron chi connectivity index (χ3n) is 2.96. The average Bonchev–Trinajstić information content (AvgIpc) is 2.92. The van der Waals surface area contributed by atoms with Gasteiger partial charge in [0.05, 0.1) is 0 Å². The van der Waals surface area contributed by atoms with Crippen molar-refractivity contribution in [1.82, 2.24) is 10.3 Å². The van der Waals surface area contributed by atoms with Gasteiger partial charge < -0.3 is 5.32 Å². The molecule has 1 N–H and O–H groups in total. The zero-order valence-electron chi connectivity index (χ0n) is 9.17. The number of pyridine rings is 1. The highest BCUT2D eigenvalue weighted by atomic mass is 32.1. The Hall–Kier alpha value is -1.68. The van der Waals surface area contributed by atoms with Crippen molar-refractivity contribution in [2.75, 3.05) is 0 Å². The number of hydrogen-bond acceptors (Lipinski definition) is 3. The van der Waals surface area contributed by atoms with Crippen molar-refractivity contribution in [3.63, 3.8) is 0 Å². The zero-order chi connectivity index (χ0) is 11.7. The van der Waals surface area contributed by atoms with Crippen molar-refractivity contribution in [1.29, 1.82) is 0 Å². The Bertz CT molecular complexity index is 509. The minimum atomic E-state index is -0.00328. The number of carbonyl (C=O) groups is 1. The second-order valence-electron chi connectivity index (χ2n) is 4.17. The molecule has 2 heterocycles. The van der Waals surface area contributed by atoms with Gasteiger partial charge >= 0.3 is 0 Å². The van der Waals surface area contributed by atoms with E-state index in [4.69, 9.17) is 0 Å². The van der Waals surface area contributed by atoms with Crippen LogP contribution in [0.4, 0.5) is 0 Å². The number of aromatic nitrogens is 1. The molecule has 0 aliphatic heterocycles. The molecule has 1 fully saturated rings. The minimum Gasteiger partial charge on any atom is -0.349 e. The second-order valence-corrected chi connectivity index (χ2v) is 5.15. The zero-order valence-corrected chi connectivity index (χ0v) is 9.98. The van der Waals surface area contributed by atoms with Crippen LogP contribution in [0.25, 0.3) is 0 Å². The average molecular weight is 244 g/mol. The van der Waals surface area contributed by atoms with Crippen LogP contribution in [0.15, 0.2) is 42.0 Å². The van der Waals surface area contributed by atoms with Crippen LogP contribution >= 0.6 is 11.3 Å². The molecular formula is C13H12N2OS. The first kappa shape index (κ1) is 10.5. The molecule has 1 amide bonds. The molecule has 0 aromatic carbocycles. The summed E-state index contributed by atoms with van der Waals surface area (Å²) in [6.07, 6.45) is 4.33. The molecule has 3 rings (SSSR count). The predicted molar refractivity (Wildman–Crippen MR) is 67.2 cm³/mol. The van der Waals surface area contributed by atoms with E-state index in [0.29, 0.717) is 17.5 Å². The number of hydrogen-bond donors (Lipinski definition) is 1. The van der Waals surface area contributed by atoms with E-state index in [-0.39, 0.29) is 5.91 Å². The number of amides is 1. The summed E-state index contributed by atoms with van der Waals surface area (Å²) in [6, 6.07) is 7.96. The Morgan fingerprint density at radius 1 is 1.35 bits per heavy atom. The minimum absolute atomic E-state index is 0.00328. The quantitative estimate of drug-likeness (QED) is 0.901. The van der Waals surface area contributed by atoms with Gasteiger partial charge in [0.1, 0.15) is 0 Å². The molecule has 4 heteroatoms. The van der Waals surface area contributed by atoms with Gasteiger partial charge in [-0.1, -0.05) is 6.07 Å². The largest absolute Gasteiger partial charge is 0.349 e. The first-order valence-electron chi connectivity index (χ1n) is 5.59. The van der Waals surface area contributed by atoms with Gasteiger partial charge in [-0.3, -0.25) is 9.78 Å². The Labute approximate surface area is 104 Å². The van der Waals surface area contributed by atoms with E-state index in [0.717, 1.165) is 6.42 Å². The lowest BCUT2D eigenvalue weighted by Gasteiger charge is -2.03. The monoisotopic (exact) mass is 244 g/mol. The van der Waals surface area contributed by atoms with Crippen LogP contribution in [0.3, 0.4) is 0 Å². The number of carbonyl (C=O) groups excluding carboxylic acids is 1. The lowest BCUT2D eigenvalue weighted by Crippen LogP contribution is -2.26. The van der Waals surface area contributed by atoms with Gasteiger partial charge in [0, 0.05) is 34.8 Å². The summed E-state index contributed by atoms with van der Waals surface area (Å²) in [5, 5.41) is 5.13. The number of thiophene rings is 1. The highest BCUT2D eigenvalue weighted by molar-refractivity contribution is 7.10. The molecule has 0 radical (unpaired) electrons. The standard InChI is InChI=1S/C13H12N2OS/c16-13(9-3-5-14-6-4-9)15-11-8-10(11)12-2-1-7-17-12/h1-7,10-11H,8H2,(H,15,16). The molecule has 2 atom stereocenters. The normalized spacial score (nSPS) is 22.1. The molecule has 86 valence electrons. The Morgan fingerprint density at radius 2 is 2.18 bits per heavy atom. The molecule has 2 unspecified atom stereocenters. The van der Waals surface area contributed by atoms with Crippen LogP contribution in [0.1, 0.15) is 27.6 Å². The third kappa shape index (κ3) is 2.22. The summed E-state index contributed by atoms with van der Waals surface area (Å²) < 4.78 is 0. The first-order chi connectivity index (χ1) is 8.34. The van der Waals surface area contributed by atoms with E-state index < -0.39 is 0 Å². The van der Waals surface area contributed by atoms with Crippen LogP contribution in [0, 0.1) is 0 Å². The maximum absolute atomic E-state index is 11.9. The fourth-order valence-corrected chi connectivity index (χ4v) is 2.83. The molecule has 1 saturated carbocycles. The van der Waals surface area contributed by atoms with Crippen LogP contribution < -0.4 is 5.32 Å². The summed E-state index contributed by atoms with van der Waals surface area (Å²) >= 11 is 1.76. The number of nitrogens with one attached hydrogen (secondary N) is 1. The smallest absolute Gasteiger partial charge is 0.251 e. The summed E-state index contributed by atoms with van der Waals surface area (Å²) in [5.41, 5.74) is 0.678. The lowest BCUT2D eigenvalue weighted by atomic mass is 10.2. The highest BCUT2D eigenvalue weighted by Crippen LogP contribution is 2.42. The van der Waals surface area contributed by atoms with Crippen molar-refractivity contribution in [3.05, 3.63) is 52.5 Å². The van der Waals surface area contributed by atoms with E-state index in [1.54, 1.807) is 35.9 Å². The summed E-state index contributed by atoms with van der Waals surface area (Å²) in [7, 11) is 0. The van der Waals surface area contributed by atoms with E-state index in [2.05, 4.69) is 27.8 Å².